The summed E-state index contributed by atoms with van der Waals surface area (Å²) in [6.07, 6.45) is 6.16. The smallest absolute Gasteiger partial charge is 0.261 e. The predicted molar refractivity (Wildman–Crippen MR) is 130 cm³/mol. The van der Waals surface area contributed by atoms with Gasteiger partial charge in [-0.2, -0.15) is 0 Å². The largest absolute Gasteiger partial charge is 0.483 e. The number of benzene rings is 2. The number of hydrogen-bond acceptors (Lipinski definition) is 3. The van der Waals surface area contributed by atoms with Gasteiger partial charge in [0.05, 0.1) is 4.47 Å². The van der Waals surface area contributed by atoms with E-state index in [1.54, 1.807) is 25.1 Å². The second-order valence-corrected chi connectivity index (χ2v) is 9.39. The lowest BCUT2D eigenvalue weighted by molar-refractivity contribution is -0.142. The lowest BCUT2D eigenvalue weighted by Gasteiger charge is -2.31. The van der Waals surface area contributed by atoms with Crippen molar-refractivity contribution in [3.63, 3.8) is 0 Å². The van der Waals surface area contributed by atoms with E-state index in [1.165, 1.54) is 17.4 Å². The number of hydrogen-bond donors (Lipinski definition) is 1. The fourth-order valence-corrected chi connectivity index (χ4v) is 4.61. The van der Waals surface area contributed by atoms with E-state index in [2.05, 4.69) is 28.2 Å². The van der Waals surface area contributed by atoms with E-state index in [4.69, 9.17) is 4.74 Å². The lowest BCUT2D eigenvalue weighted by Crippen LogP contribution is -2.51. The molecular formula is C26H32BrFN2O3. The molecule has 1 fully saturated rings. The second kappa shape index (κ2) is 12.2. The SMILES string of the molecule is CCc1ccc(OCC(=O)N(Cc2ccccc2F)[C@H](C)C(=O)NC2CCCCC2)c(Br)c1. The average molecular weight is 519 g/mol. The van der Waals surface area contributed by atoms with E-state index < -0.39 is 11.9 Å². The van der Waals surface area contributed by atoms with Gasteiger partial charge in [0.1, 0.15) is 17.6 Å². The zero-order valence-corrected chi connectivity index (χ0v) is 20.9. The normalized spacial score (nSPS) is 15.0. The molecule has 2 aromatic carbocycles. The van der Waals surface area contributed by atoms with Crippen LogP contribution < -0.4 is 10.1 Å². The number of ether oxygens (including phenoxy) is 1. The average Bonchev–Trinajstić information content (AvgIpc) is 2.82. The maximum Gasteiger partial charge on any atom is 0.261 e. The molecule has 0 radical (unpaired) electrons. The number of halogens is 2. The van der Waals surface area contributed by atoms with Gasteiger partial charge < -0.3 is 15.0 Å². The van der Waals surface area contributed by atoms with Crippen LogP contribution in [0.4, 0.5) is 4.39 Å². The number of carbonyl (C=O) groups excluding carboxylic acids is 2. The van der Waals surface area contributed by atoms with Gasteiger partial charge in [-0.25, -0.2) is 4.39 Å². The molecule has 0 aromatic heterocycles. The van der Waals surface area contributed by atoms with Gasteiger partial charge >= 0.3 is 0 Å². The van der Waals surface area contributed by atoms with Crippen LogP contribution in [0.2, 0.25) is 0 Å². The first-order valence-electron chi connectivity index (χ1n) is 11.6. The molecule has 1 N–H and O–H groups in total. The molecule has 2 amide bonds. The van der Waals surface area contributed by atoms with Crippen LogP contribution >= 0.6 is 15.9 Å². The van der Waals surface area contributed by atoms with Crippen LogP contribution in [-0.4, -0.2) is 35.4 Å². The third-order valence-electron chi connectivity index (χ3n) is 6.17. The fraction of sp³-hybridized carbons (Fsp3) is 0.462. The van der Waals surface area contributed by atoms with E-state index in [-0.39, 0.29) is 31.0 Å². The summed E-state index contributed by atoms with van der Waals surface area (Å²) in [6.45, 7) is 3.48. The standard InChI is InChI=1S/C26H32BrFN2O3/c1-3-19-13-14-24(22(27)15-19)33-17-25(31)30(16-20-9-7-8-12-23(20)28)18(2)26(32)29-21-10-5-4-6-11-21/h7-9,12-15,18,21H,3-6,10-11,16-17H2,1-2H3,(H,29,32)/t18-/m1/s1. The molecule has 0 unspecified atom stereocenters. The van der Waals surface area contributed by atoms with Crippen molar-refractivity contribution in [3.05, 3.63) is 63.9 Å². The van der Waals surface area contributed by atoms with Crippen LogP contribution in [0.5, 0.6) is 5.75 Å². The molecule has 5 nitrogen and oxygen atoms in total. The molecular weight excluding hydrogens is 487 g/mol. The first-order chi connectivity index (χ1) is 15.9. The van der Waals surface area contributed by atoms with Crippen molar-refractivity contribution in [2.75, 3.05) is 6.61 Å². The number of rotatable bonds is 9. The molecule has 33 heavy (non-hydrogen) atoms. The minimum absolute atomic E-state index is 0.00986. The van der Waals surface area contributed by atoms with Crippen molar-refractivity contribution in [1.29, 1.82) is 0 Å². The van der Waals surface area contributed by atoms with Gasteiger partial charge in [-0.3, -0.25) is 9.59 Å². The van der Waals surface area contributed by atoms with Gasteiger partial charge in [0.25, 0.3) is 5.91 Å². The molecule has 1 aliphatic carbocycles. The summed E-state index contributed by atoms with van der Waals surface area (Å²) in [7, 11) is 0. The molecule has 1 saturated carbocycles. The van der Waals surface area contributed by atoms with Crippen molar-refractivity contribution < 1.29 is 18.7 Å². The molecule has 0 heterocycles. The van der Waals surface area contributed by atoms with Crippen LogP contribution in [-0.2, 0) is 22.6 Å². The Morgan fingerprint density at radius 2 is 1.91 bits per heavy atom. The van der Waals surface area contributed by atoms with E-state index in [9.17, 15) is 14.0 Å². The Balaban J connectivity index is 1.73. The van der Waals surface area contributed by atoms with Gasteiger partial charge in [0.15, 0.2) is 6.61 Å². The number of amides is 2. The highest BCUT2D eigenvalue weighted by Crippen LogP contribution is 2.26. The molecule has 0 aliphatic heterocycles. The summed E-state index contributed by atoms with van der Waals surface area (Å²) in [5.74, 6) is -0.462. The quantitative estimate of drug-likeness (QED) is 0.483. The first-order valence-corrected chi connectivity index (χ1v) is 12.4. The van der Waals surface area contributed by atoms with E-state index in [0.29, 0.717) is 11.3 Å². The second-order valence-electron chi connectivity index (χ2n) is 8.54. The number of carbonyl (C=O) groups is 2. The molecule has 2 aromatic rings. The summed E-state index contributed by atoms with van der Waals surface area (Å²) >= 11 is 3.48. The van der Waals surface area contributed by atoms with E-state index in [1.807, 2.05) is 18.2 Å². The Bertz CT molecular complexity index is 962. The summed E-state index contributed by atoms with van der Waals surface area (Å²) in [5.41, 5.74) is 1.51. The Morgan fingerprint density at radius 1 is 1.18 bits per heavy atom. The topological polar surface area (TPSA) is 58.6 Å². The molecule has 1 aliphatic rings. The van der Waals surface area contributed by atoms with E-state index >= 15 is 0 Å². The van der Waals surface area contributed by atoms with Gasteiger partial charge in [0, 0.05) is 18.2 Å². The molecule has 3 rings (SSSR count). The number of aryl methyl sites for hydroxylation is 1. The van der Waals surface area contributed by atoms with Crippen LogP contribution in [0.25, 0.3) is 0 Å². The molecule has 0 spiro atoms. The Labute approximate surface area is 203 Å². The maximum absolute atomic E-state index is 14.3. The third kappa shape index (κ3) is 7.03. The molecule has 0 bridgehead atoms. The maximum atomic E-state index is 14.3. The minimum Gasteiger partial charge on any atom is -0.483 e. The third-order valence-corrected chi connectivity index (χ3v) is 6.79. The summed E-state index contributed by atoms with van der Waals surface area (Å²) in [5, 5.41) is 3.08. The highest BCUT2D eigenvalue weighted by atomic mass is 79.9. The zero-order chi connectivity index (χ0) is 23.8. The van der Waals surface area contributed by atoms with Gasteiger partial charge in [-0.1, -0.05) is 50.5 Å². The monoisotopic (exact) mass is 518 g/mol. The lowest BCUT2D eigenvalue weighted by atomic mass is 9.95. The number of nitrogens with zero attached hydrogens (tertiary/aromatic N) is 1. The highest BCUT2D eigenvalue weighted by Gasteiger charge is 2.29. The van der Waals surface area contributed by atoms with Crippen molar-refractivity contribution in [1.82, 2.24) is 10.2 Å². The number of nitrogens with one attached hydrogen (secondary N) is 1. The Morgan fingerprint density at radius 3 is 2.58 bits per heavy atom. The van der Waals surface area contributed by atoms with Crippen LogP contribution in [0.15, 0.2) is 46.9 Å². The fourth-order valence-electron chi connectivity index (χ4n) is 4.07. The van der Waals surface area contributed by atoms with Crippen LogP contribution in [0.1, 0.15) is 57.1 Å². The van der Waals surface area contributed by atoms with Crippen molar-refractivity contribution in [3.8, 4) is 5.75 Å². The Kier molecular flexibility index (Phi) is 9.30. The van der Waals surface area contributed by atoms with Gasteiger partial charge in [0.2, 0.25) is 5.91 Å². The molecule has 7 heteroatoms. The first kappa shape index (κ1) is 25.2. The molecule has 178 valence electrons. The van der Waals surface area contributed by atoms with E-state index in [0.717, 1.165) is 42.1 Å². The minimum atomic E-state index is -0.756. The molecule has 1 atom stereocenters. The van der Waals surface area contributed by atoms with Gasteiger partial charge in [-0.15, -0.1) is 0 Å². The van der Waals surface area contributed by atoms with Gasteiger partial charge in [-0.05, 0) is 65.9 Å². The summed E-state index contributed by atoms with van der Waals surface area (Å²) in [4.78, 5) is 27.6. The van der Waals surface area contributed by atoms with Crippen molar-refractivity contribution in [2.24, 2.45) is 0 Å². The summed E-state index contributed by atoms with van der Waals surface area (Å²) in [6, 6.07) is 11.4. The van der Waals surface area contributed by atoms with Crippen LogP contribution in [0, 0.1) is 5.82 Å². The Hall–Kier alpha value is -2.41. The van der Waals surface area contributed by atoms with Crippen molar-refractivity contribution >= 4 is 27.7 Å². The zero-order valence-electron chi connectivity index (χ0n) is 19.3. The highest BCUT2D eigenvalue weighted by molar-refractivity contribution is 9.10. The predicted octanol–water partition coefficient (Wildman–Crippen LogP) is 5.40. The molecule has 0 saturated heterocycles. The van der Waals surface area contributed by atoms with Crippen LogP contribution in [0.3, 0.4) is 0 Å². The van der Waals surface area contributed by atoms with Crippen molar-refractivity contribution in [2.45, 2.75) is 71.0 Å². The summed E-state index contributed by atoms with van der Waals surface area (Å²) < 4.78 is 20.9.